The molecule has 2 aromatic carbocycles. The number of thioether (sulfide) groups is 1. The van der Waals surface area contributed by atoms with Crippen LogP contribution in [0.4, 0.5) is 0 Å². The zero-order chi connectivity index (χ0) is 20.3. The van der Waals surface area contributed by atoms with Crippen LogP contribution < -0.4 is 10.9 Å². The number of para-hydroxylation sites is 1. The number of aromatic nitrogens is 2. The Balaban J connectivity index is 1.43. The van der Waals surface area contributed by atoms with Crippen molar-refractivity contribution in [2.75, 3.05) is 12.3 Å². The normalized spacial score (nSPS) is 14.7. The minimum Gasteiger partial charge on any atom is -0.354 e. The molecule has 0 saturated heterocycles. The molecule has 1 aliphatic carbocycles. The summed E-state index contributed by atoms with van der Waals surface area (Å²) in [7, 11) is 0. The number of hydrogen-bond acceptors (Lipinski definition) is 4. The van der Waals surface area contributed by atoms with Gasteiger partial charge < -0.3 is 5.32 Å². The second-order valence-corrected chi connectivity index (χ2v) is 8.52. The van der Waals surface area contributed by atoms with E-state index in [9.17, 15) is 9.59 Å². The summed E-state index contributed by atoms with van der Waals surface area (Å²) in [5.41, 5.74) is 2.02. The average Bonchev–Trinajstić information content (AvgIpc) is 3.55. The van der Waals surface area contributed by atoms with Gasteiger partial charge in [0.1, 0.15) is 0 Å². The van der Waals surface area contributed by atoms with Gasteiger partial charge in [-0.3, -0.25) is 14.2 Å². The maximum atomic E-state index is 12.8. The SMILES string of the molecule is CCCn1c(SCC(=O)NCC2(c3ccccc3)CC2)nc2ccccc2c1=O. The maximum absolute atomic E-state index is 12.8. The summed E-state index contributed by atoms with van der Waals surface area (Å²) in [5.74, 6) is 0.224. The van der Waals surface area contributed by atoms with Gasteiger partial charge in [-0.15, -0.1) is 0 Å². The van der Waals surface area contributed by atoms with Gasteiger partial charge >= 0.3 is 0 Å². The Kier molecular flexibility index (Phi) is 5.72. The fourth-order valence-corrected chi connectivity index (χ4v) is 4.49. The number of fused-ring (bicyclic) bond motifs is 1. The van der Waals surface area contributed by atoms with Crippen LogP contribution in [-0.4, -0.2) is 27.8 Å². The van der Waals surface area contributed by atoms with Crippen molar-refractivity contribution in [3.63, 3.8) is 0 Å². The van der Waals surface area contributed by atoms with Crippen molar-refractivity contribution in [1.29, 1.82) is 0 Å². The lowest BCUT2D eigenvalue weighted by atomic mass is 9.96. The first-order valence-corrected chi connectivity index (χ1v) is 11.1. The van der Waals surface area contributed by atoms with Gasteiger partial charge in [-0.05, 0) is 37.0 Å². The van der Waals surface area contributed by atoms with Crippen LogP contribution in [0.25, 0.3) is 10.9 Å². The molecule has 1 heterocycles. The van der Waals surface area contributed by atoms with Gasteiger partial charge in [0.25, 0.3) is 5.56 Å². The monoisotopic (exact) mass is 407 g/mol. The largest absolute Gasteiger partial charge is 0.354 e. The highest BCUT2D eigenvalue weighted by Crippen LogP contribution is 2.47. The number of nitrogens with one attached hydrogen (secondary N) is 1. The lowest BCUT2D eigenvalue weighted by molar-refractivity contribution is -0.118. The molecule has 4 rings (SSSR count). The van der Waals surface area contributed by atoms with Crippen LogP contribution in [-0.2, 0) is 16.8 Å². The van der Waals surface area contributed by atoms with Crippen LogP contribution in [0.2, 0.25) is 0 Å². The van der Waals surface area contributed by atoms with Crippen molar-refractivity contribution in [1.82, 2.24) is 14.9 Å². The van der Waals surface area contributed by atoms with E-state index >= 15 is 0 Å². The molecular weight excluding hydrogens is 382 g/mol. The van der Waals surface area contributed by atoms with Crippen molar-refractivity contribution in [2.24, 2.45) is 0 Å². The van der Waals surface area contributed by atoms with Gasteiger partial charge in [-0.2, -0.15) is 0 Å². The first-order valence-electron chi connectivity index (χ1n) is 10.1. The van der Waals surface area contributed by atoms with Crippen molar-refractivity contribution < 1.29 is 4.79 Å². The molecule has 5 nitrogen and oxygen atoms in total. The van der Waals surface area contributed by atoms with E-state index in [0.717, 1.165) is 19.3 Å². The predicted molar refractivity (Wildman–Crippen MR) is 117 cm³/mol. The second-order valence-electron chi connectivity index (χ2n) is 7.58. The summed E-state index contributed by atoms with van der Waals surface area (Å²) in [6, 6.07) is 17.7. The number of carbonyl (C=O) groups is 1. The first-order chi connectivity index (χ1) is 14.1. The van der Waals surface area contributed by atoms with Gasteiger partial charge in [0.15, 0.2) is 5.16 Å². The summed E-state index contributed by atoms with van der Waals surface area (Å²) >= 11 is 1.33. The van der Waals surface area contributed by atoms with Gasteiger partial charge in [0.2, 0.25) is 5.91 Å². The number of hydrogen-bond donors (Lipinski definition) is 1. The van der Waals surface area contributed by atoms with E-state index in [1.54, 1.807) is 10.6 Å². The lowest BCUT2D eigenvalue weighted by Gasteiger charge is -2.17. The first kappa shape index (κ1) is 19.7. The van der Waals surface area contributed by atoms with Crippen LogP contribution in [0, 0.1) is 0 Å². The number of amides is 1. The minimum absolute atomic E-state index is 0.0253. The molecule has 3 aromatic rings. The van der Waals surface area contributed by atoms with E-state index in [4.69, 9.17) is 0 Å². The maximum Gasteiger partial charge on any atom is 0.262 e. The summed E-state index contributed by atoms with van der Waals surface area (Å²) < 4.78 is 1.69. The molecule has 29 heavy (non-hydrogen) atoms. The molecule has 0 atom stereocenters. The Bertz CT molecular complexity index is 1070. The molecule has 1 N–H and O–H groups in total. The molecule has 1 aliphatic rings. The van der Waals surface area contributed by atoms with Crippen LogP contribution in [0.3, 0.4) is 0 Å². The molecule has 1 fully saturated rings. The highest BCUT2D eigenvalue weighted by Gasteiger charge is 2.44. The third-order valence-electron chi connectivity index (χ3n) is 5.47. The predicted octanol–water partition coefficient (Wildman–Crippen LogP) is 3.75. The Morgan fingerprint density at radius 2 is 1.86 bits per heavy atom. The number of carbonyl (C=O) groups excluding carboxylic acids is 1. The lowest BCUT2D eigenvalue weighted by Crippen LogP contribution is -2.33. The van der Waals surface area contributed by atoms with Crippen LogP contribution in [0.1, 0.15) is 31.7 Å². The van der Waals surface area contributed by atoms with E-state index in [1.807, 2.05) is 43.3 Å². The Morgan fingerprint density at radius 3 is 2.59 bits per heavy atom. The van der Waals surface area contributed by atoms with Crippen LogP contribution in [0.15, 0.2) is 64.5 Å². The van der Waals surface area contributed by atoms with Crippen molar-refractivity contribution >= 4 is 28.6 Å². The topological polar surface area (TPSA) is 64.0 Å². The van der Waals surface area contributed by atoms with Gasteiger partial charge in [0.05, 0.1) is 16.7 Å². The highest BCUT2D eigenvalue weighted by molar-refractivity contribution is 7.99. The molecule has 0 bridgehead atoms. The molecule has 0 aliphatic heterocycles. The molecule has 0 unspecified atom stereocenters. The summed E-state index contributed by atoms with van der Waals surface area (Å²) in [4.78, 5) is 29.9. The molecule has 1 amide bonds. The van der Waals surface area contributed by atoms with Crippen LogP contribution in [0.5, 0.6) is 0 Å². The third-order valence-corrected chi connectivity index (χ3v) is 6.45. The molecule has 1 aromatic heterocycles. The minimum atomic E-state index is -0.0404. The zero-order valence-corrected chi connectivity index (χ0v) is 17.4. The standard InChI is InChI=1S/C23H25N3O2S/c1-2-14-26-21(28)18-10-6-7-11-19(18)25-22(26)29-15-20(27)24-16-23(12-13-23)17-8-4-3-5-9-17/h3-11H,2,12-16H2,1H3,(H,24,27). The van der Waals surface area contributed by atoms with Gasteiger partial charge in [-0.1, -0.05) is 61.2 Å². The summed E-state index contributed by atoms with van der Waals surface area (Å²) in [6.45, 7) is 3.28. The Labute approximate surface area is 174 Å². The van der Waals surface area contributed by atoms with E-state index in [0.29, 0.717) is 29.1 Å². The van der Waals surface area contributed by atoms with E-state index in [-0.39, 0.29) is 22.6 Å². The average molecular weight is 408 g/mol. The van der Waals surface area contributed by atoms with Gasteiger partial charge in [-0.25, -0.2) is 4.98 Å². The third kappa shape index (κ3) is 4.22. The molecule has 6 heteroatoms. The molecule has 0 spiro atoms. The molecule has 1 saturated carbocycles. The number of nitrogens with zero attached hydrogens (tertiary/aromatic N) is 2. The Morgan fingerprint density at radius 1 is 1.14 bits per heavy atom. The van der Waals surface area contributed by atoms with Crippen LogP contribution >= 0.6 is 11.8 Å². The number of rotatable bonds is 8. The molecule has 0 radical (unpaired) electrons. The van der Waals surface area contributed by atoms with E-state index < -0.39 is 0 Å². The summed E-state index contributed by atoms with van der Waals surface area (Å²) in [6.07, 6.45) is 3.04. The van der Waals surface area contributed by atoms with Crippen molar-refractivity contribution in [3.8, 4) is 0 Å². The number of benzene rings is 2. The second kappa shape index (κ2) is 8.41. The van der Waals surface area contributed by atoms with E-state index in [2.05, 4.69) is 22.4 Å². The zero-order valence-electron chi connectivity index (χ0n) is 16.6. The summed E-state index contributed by atoms with van der Waals surface area (Å²) in [5, 5.41) is 4.31. The molecular formula is C23H25N3O2S. The van der Waals surface area contributed by atoms with Crippen molar-refractivity contribution in [2.45, 2.75) is 43.3 Å². The Hall–Kier alpha value is -2.60. The fraction of sp³-hybridized carbons (Fsp3) is 0.348. The quantitative estimate of drug-likeness (QED) is 0.456. The fourth-order valence-electron chi connectivity index (χ4n) is 3.64. The smallest absolute Gasteiger partial charge is 0.262 e. The highest BCUT2D eigenvalue weighted by atomic mass is 32.2. The van der Waals surface area contributed by atoms with Gasteiger partial charge in [0, 0.05) is 18.5 Å². The van der Waals surface area contributed by atoms with Crippen molar-refractivity contribution in [3.05, 3.63) is 70.5 Å². The van der Waals surface area contributed by atoms with E-state index in [1.165, 1.54) is 17.3 Å². The molecule has 150 valence electrons.